The molecule has 0 aliphatic carbocycles. The number of nitrogens with one attached hydrogen (secondary N) is 2. The highest BCUT2D eigenvalue weighted by Gasteiger charge is 2.48. The molecule has 3 rings (SSSR count). The number of carbonyl (C=O) groups is 1. The first-order valence-corrected chi connectivity index (χ1v) is 7.69. The van der Waals surface area contributed by atoms with E-state index in [2.05, 4.69) is 31.5 Å². The molecule has 2 N–H and O–H groups in total. The van der Waals surface area contributed by atoms with Gasteiger partial charge in [0.2, 0.25) is 5.91 Å². The van der Waals surface area contributed by atoms with Gasteiger partial charge >= 0.3 is 0 Å². The van der Waals surface area contributed by atoms with Crippen LogP contribution in [0.5, 0.6) is 0 Å². The van der Waals surface area contributed by atoms with Gasteiger partial charge in [0.15, 0.2) is 0 Å². The number of hydrogen-bond donors (Lipinski definition) is 2. The van der Waals surface area contributed by atoms with E-state index in [1.807, 2.05) is 12.1 Å². The topological polar surface area (TPSA) is 63.2 Å². The van der Waals surface area contributed by atoms with Gasteiger partial charge in [-0.2, -0.15) is 0 Å². The molecule has 5 nitrogen and oxygen atoms in total. The summed E-state index contributed by atoms with van der Waals surface area (Å²) in [5.74, 6) is 0.0963. The highest BCUT2D eigenvalue weighted by atomic mass is 79.9. The molecule has 0 aromatic carbocycles. The highest BCUT2D eigenvalue weighted by molar-refractivity contribution is 9.10. The Balaban J connectivity index is 1.71. The fraction of sp³-hybridized carbons (Fsp3) is 0.571. The molecule has 0 bridgehead atoms. The Morgan fingerprint density at radius 2 is 2.30 bits per heavy atom. The van der Waals surface area contributed by atoms with Crippen LogP contribution in [0.1, 0.15) is 18.5 Å². The van der Waals surface area contributed by atoms with Gasteiger partial charge in [-0.15, -0.1) is 0 Å². The van der Waals surface area contributed by atoms with Crippen LogP contribution in [-0.2, 0) is 16.1 Å². The summed E-state index contributed by atoms with van der Waals surface area (Å²) >= 11 is 3.49. The van der Waals surface area contributed by atoms with Crippen molar-refractivity contribution in [2.24, 2.45) is 5.41 Å². The summed E-state index contributed by atoms with van der Waals surface area (Å²) in [5.41, 5.74) is 0.922. The number of pyridine rings is 1. The lowest BCUT2D eigenvalue weighted by Crippen LogP contribution is -2.49. The van der Waals surface area contributed by atoms with Crippen molar-refractivity contribution in [3.63, 3.8) is 0 Å². The van der Waals surface area contributed by atoms with Crippen LogP contribution in [0.3, 0.4) is 0 Å². The van der Waals surface area contributed by atoms with Gasteiger partial charge in [-0.05, 0) is 40.9 Å². The Kier molecular flexibility index (Phi) is 4.05. The van der Waals surface area contributed by atoms with Crippen molar-refractivity contribution in [1.29, 1.82) is 0 Å². The van der Waals surface area contributed by atoms with Gasteiger partial charge in [-0.25, -0.2) is 0 Å². The number of amides is 1. The molecule has 1 atom stereocenters. The highest BCUT2D eigenvalue weighted by Crippen LogP contribution is 2.37. The number of carbonyl (C=O) groups excluding carboxylic acids is 1. The van der Waals surface area contributed by atoms with Crippen molar-refractivity contribution in [2.75, 3.05) is 19.8 Å². The van der Waals surface area contributed by atoms with Crippen molar-refractivity contribution >= 4 is 21.8 Å². The minimum Gasteiger partial charge on any atom is -0.381 e. The molecule has 2 aliphatic heterocycles. The maximum absolute atomic E-state index is 12.1. The van der Waals surface area contributed by atoms with E-state index in [4.69, 9.17) is 4.74 Å². The van der Waals surface area contributed by atoms with E-state index in [-0.39, 0.29) is 17.4 Å². The van der Waals surface area contributed by atoms with Crippen LogP contribution in [0, 0.1) is 5.41 Å². The van der Waals surface area contributed by atoms with E-state index < -0.39 is 0 Å². The second-order valence-corrected chi connectivity index (χ2v) is 6.29. The summed E-state index contributed by atoms with van der Waals surface area (Å²) in [6.45, 7) is 2.80. The standard InChI is InChI=1S/C14H18BrN3O2/c15-10-2-1-5-16-11(10)8-17-12-13(19)18-9-14(12)3-6-20-7-4-14/h1-2,5,12,17H,3-4,6-9H2,(H,18,19). The van der Waals surface area contributed by atoms with Crippen LogP contribution in [-0.4, -0.2) is 36.7 Å². The fourth-order valence-corrected chi connectivity index (χ4v) is 3.44. The molecule has 1 aromatic rings. The molecular formula is C14H18BrN3O2. The molecule has 6 heteroatoms. The van der Waals surface area contributed by atoms with Gasteiger partial charge in [0.05, 0.1) is 11.7 Å². The lowest BCUT2D eigenvalue weighted by Gasteiger charge is -2.36. The van der Waals surface area contributed by atoms with E-state index >= 15 is 0 Å². The van der Waals surface area contributed by atoms with E-state index in [9.17, 15) is 4.79 Å². The first kappa shape index (κ1) is 14.0. The van der Waals surface area contributed by atoms with Crippen LogP contribution in [0.25, 0.3) is 0 Å². The summed E-state index contributed by atoms with van der Waals surface area (Å²) < 4.78 is 6.40. The molecule has 0 radical (unpaired) electrons. The van der Waals surface area contributed by atoms with Crippen LogP contribution < -0.4 is 10.6 Å². The van der Waals surface area contributed by atoms with E-state index in [0.29, 0.717) is 6.54 Å². The van der Waals surface area contributed by atoms with E-state index in [0.717, 1.165) is 42.8 Å². The SMILES string of the molecule is O=C1NCC2(CCOCC2)C1NCc1ncccc1Br. The average molecular weight is 340 g/mol. The summed E-state index contributed by atoms with van der Waals surface area (Å²) in [6.07, 6.45) is 3.61. The Morgan fingerprint density at radius 3 is 3.05 bits per heavy atom. The molecule has 2 saturated heterocycles. The molecule has 3 heterocycles. The lowest BCUT2D eigenvalue weighted by atomic mass is 9.76. The molecule has 1 spiro atoms. The average Bonchev–Trinajstić information content (AvgIpc) is 2.76. The fourth-order valence-electron chi connectivity index (χ4n) is 3.05. The van der Waals surface area contributed by atoms with E-state index in [1.165, 1.54) is 0 Å². The zero-order valence-corrected chi connectivity index (χ0v) is 12.8. The largest absolute Gasteiger partial charge is 0.381 e. The summed E-state index contributed by atoms with van der Waals surface area (Å²) in [7, 11) is 0. The number of nitrogens with zero attached hydrogens (tertiary/aromatic N) is 1. The van der Waals surface area contributed by atoms with Gasteiger partial charge in [-0.1, -0.05) is 0 Å². The maximum atomic E-state index is 12.1. The van der Waals surface area contributed by atoms with Gasteiger partial charge in [-0.3, -0.25) is 15.1 Å². The Labute approximate surface area is 126 Å². The quantitative estimate of drug-likeness (QED) is 0.869. The monoisotopic (exact) mass is 339 g/mol. The molecule has 1 unspecified atom stereocenters. The van der Waals surface area contributed by atoms with Gasteiger partial charge in [0.25, 0.3) is 0 Å². The second-order valence-electron chi connectivity index (χ2n) is 5.44. The normalized spacial score (nSPS) is 24.9. The van der Waals surface area contributed by atoms with Crippen molar-refractivity contribution < 1.29 is 9.53 Å². The molecule has 108 valence electrons. The predicted octanol–water partition coefficient (Wildman–Crippen LogP) is 1.23. The number of rotatable bonds is 3. The number of aromatic nitrogens is 1. The Bertz CT molecular complexity index is 503. The maximum Gasteiger partial charge on any atom is 0.237 e. The Hall–Kier alpha value is -0.980. The molecular weight excluding hydrogens is 322 g/mol. The third kappa shape index (κ3) is 2.60. The van der Waals surface area contributed by atoms with Crippen molar-refractivity contribution in [3.05, 3.63) is 28.5 Å². The van der Waals surface area contributed by atoms with Crippen molar-refractivity contribution in [2.45, 2.75) is 25.4 Å². The van der Waals surface area contributed by atoms with Crippen LogP contribution in [0.2, 0.25) is 0 Å². The van der Waals surface area contributed by atoms with E-state index in [1.54, 1.807) is 6.20 Å². The van der Waals surface area contributed by atoms with Crippen LogP contribution in [0.4, 0.5) is 0 Å². The molecule has 2 fully saturated rings. The third-order valence-electron chi connectivity index (χ3n) is 4.29. The van der Waals surface area contributed by atoms with Gasteiger partial charge < -0.3 is 10.1 Å². The summed E-state index contributed by atoms with van der Waals surface area (Å²) in [4.78, 5) is 16.4. The van der Waals surface area contributed by atoms with Crippen molar-refractivity contribution in [1.82, 2.24) is 15.6 Å². The lowest BCUT2D eigenvalue weighted by molar-refractivity contribution is -0.122. The van der Waals surface area contributed by atoms with Gasteiger partial charge in [0, 0.05) is 42.4 Å². The number of hydrogen-bond acceptors (Lipinski definition) is 4. The van der Waals surface area contributed by atoms with Gasteiger partial charge in [0.1, 0.15) is 0 Å². The molecule has 2 aliphatic rings. The minimum absolute atomic E-state index is 0.00338. The molecule has 1 amide bonds. The zero-order chi connectivity index (χ0) is 14.0. The molecule has 1 aromatic heterocycles. The predicted molar refractivity (Wildman–Crippen MR) is 78.1 cm³/mol. The smallest absolute Gasteiger partial charge is 0.237 e. The number of ether oxygens (including phenoxy) is 1. The first-order valence-electron chi connectivity index (χ1n) is 6.89. The third-order valence-corrected chi connectivity index (χ3v) is 5.01. The second kappa shape index (κ2) is 5.79. The Morgan fingerprint density at radius 1 is 1.50 bits per heavy atom. The minimum atomic E-state index is -0.152. The number of halogens is 1. The molecule has 20 heavy (non-hydrogen) atoms. The molecule has 0 saturated carbocycles. The van der Waals surface area contributed by atoms with Crippen molar-refractivity contribution in [3.8, 4) is 0 Å². The zero-order valence-electron chi connectivity index (χ0n) is 11.2. The van der Waals surface area contributed by atoms with Crippen LogP contribution in [0.15, 0.2) is 22.8 Å². The summed E-state index contributed by atoms with van der Waals surface area (Å²) in [6, 6.07) is 3.69. The van der Waals surface area contributed by atoms with Crippen LogP contribution >= 0.6 is 15.9 Å². The first-order chi connectivity index (χ1) is 9.71. The summed E-state index contributed by atoms with van der Waals surface area (Å²) in [5, 5.41) is 6.38.